The predicted molar refractivity (Wildman–Crippen MR) is 99.0 cm³/mol. The van der Waals surface area contributed by atoms with Gasteiger partial charge in [0.15, 0.2) is 5.82 Å². The third-order valence-electron chi connectivity index (χ3n) is 5.77. The second-order valence-electron chi connectivity index (χ2n) is 7.78. The summed E-state index contributed by atoms with van der Waals surface area (Å²) < 4.78 is 32.4. The molecular weight excluding hydrogens is 384 g/mol. The quantitative estimate of drug-likeness (QED) is 0.736. The Kier molecular flexibility index (Phi) is 4.53. The van der Waals surface area contributed by atoms with Crippen LogP contribution in [0.4, 0.5) is 0 Å². The molecule has 1 saturated heterocycles. The van der Waals surface area contributed by atoms with Gasteiger partial charge in [0.2, 0.25) is 15.9 Å². The van der Waals surface area contributed by atoms with Crippen molar-refractivity contribution in [2.45, 2.75) is 45.1 Å². The summed E-state index contributed by atoms with van der Waals surface area (Å²) in [4.78, 5) is 19.1. The van der Waals surface area contributed by atoms with Crippen LogP contribution >= 0.6 is 0 Å². The van der Waals surface area contributed by atoms with Gasteiger partial charge in [0, 0.05) is 24.8 Å². The normalized spacial score (nSPS) is 27.3. The lowest BCUT2D eigenvalue weighted by Gasteiger charge is -2.25. The van der Waals surface area contributed by atoms with Gasteiger partial charge in [-0.3, -0.25) is 9.89 Å². The van der Waals surface area contributed by atoms with Gasteiger partial charge < -0.3 is 9.42 Å². The van der Waals surface area contributed by atoms with Crippen LogP contribution in [-0.2, 0) is 15.4 Å². The molecule has 152 valence electrons. The summed E-state index contributed by atoms with van der Waals surface area (Å²) in [5.41, 5.74) is 0.639. The van der Waals surface area contributed by atoms with Gasteiger partial charge in [-0.1, -0.05) is 5.16 Å². The van der Waals surface area contributed by atoms with E-state index in [1.165, 1.54) is 0 Å². The Hall–Kier alpha value is -2.27. The van der Waals surface area contributed by atoms with Crippen LogP contribution < -0.4 is 4.72 Å². The van der Waals surface area contributed by atoms with Gasteiger partial charge in [-0.25, -0.2) is 13.1 Å². The van der Waals surface area contributed by atoms with Gasteiger partial charge in [0.05, 0.1) is 11.2 Å². The van der Waals surface area contributed by atoms with Crippen LogP contribution in [0.2, 0.25) is 0 Å². The summed E-state index contributed by atoms with van der Waals surface area (Å²) in [7, 11) is -3.32. The maximum absolute atomic E-state index is 12.9. The summed E-state index contributed by atoms with van der Waals surface area (Å²) in [5, 5.41) is 10.8. The smallest absolute Gasteiger partial charge is 0.274 e. The van der Waals surface area contributed by atoms with Gasteiger partial charge in [-0.2, -0.15) is 10.1 Å². The zero-order valence-electron chi connectivity index (χ0n) is 16.1. The van der Waals surface area contributed by atoms with Crippen LogP contribution in [0.3, 0.4) is 0 Å². The number of nitrogens with one attached hydrogen (secondary N) is 2. The summed E-state index contributed by atoms with van der Waals surface area (Å²) >= 11 is 0. The number of nitrogens with zero attached hydrogens (tertiary/aromatic N) is 4. The molecule has 1 aliphatic carbocycles. The molecule has 0 spiro atoms. The first-order chi connectivity index (χ1) is 13.2. The Morgan fingerprint density at radius 3 is 2.86 bits per heavy atom. The highest BCUT2D eigenvalue weighted by atomic mass is 32.2. The molecule has 2 N–H and O–H groups in total. The second-order valence-corrected chi connectivity index (χ2v) is 9.82. The third kappa shape index (κ3) is 3.22. The molecule has 1 unspecified atom stereocenters. The highest BCUT2D eigenvalue weighted by Crippen LogP contribution is 2.50. The molecular formula is C17H24N6O4S. The summed E-state index contributed by atoms with van der Waals surface area (Å²) in [5.74, 6) is 0.903. The molecule has 2 aliphatic rings. The molecule has 2 fully saturated rings. The number of aryl methyl sites for hydroxylation is 2. The SMILES string of the molecule is CCS(=O)(=O)N[C@@H]1CC2CN(C(=O)c3cc(C)[nH]n3)C[C@@]2(c2nc(C)no2)C1. The number of carbonyl (C=O) groups excluding carboxylic acids is 1. The minimum atomic E-state index is -3.32. The minimum Gasteiger partial charge on any atom is -0.339 e. The van der Waals surface area contributed by atoms with Gasteiger partial charge in [0.25, 0.3) is 5.91 Å². The molecule has 1 amide bonds. The molecule has 0 aromatic carbocycles. The first-order valence-corrected chi connectivity index (χ1v) is 11.0. The van der Waals surface area contributed by atoms with E-state index in [2.05, 4.69) is 25.1 Å². The van der Waals surface area contributed by atoms with Crippen LogP contribution in [0.25, 0.3) is 0 Å². The number of aromatic nitrogens is 4. The van der Waals surface area contributed by atoms with Crippen LogP contribution in [0.15, 0.2) is 10.6 Å². The average molecular weight is 408 g/mol. The number of hydrogen-bond acceptors (Lipinski definition) is 7. The molecule has 1 aliphatic heterocycles. The summed E-state index contributed by atoms with van der Waals surface area (Å²) in [6.07, 6.45) is 1.13. The third-order valence-corrected chi connectivity index (χ3v) is 7.22. The van der Waals surface area contributed by atoms with Crippen molar-refractivity contribution in [3.05, 3.63) is 29.2 Å². The number of amides is 1. The fourth-order valence-corrected chi connectivity index (χ4v) is 5.33. The van der Waals surface area contributed by atoms with E-state index in [0.717, 1.165) is 5.69 Å². The number of aromatic amines is 1. The van der Waals surface area contributed by atoms with E-state index in [1.807, 2.05) is 6.92 Å². The van der Waals surface area contributed by atoms with E-state index in [0.29, 0.717) is 43.3 Å². The van der Waals surface area contributed by atoms with Crippen molar-refractivity contribution in [1.29, 1.82) is 0 Å². The number of fused-ring (bicyclic) bond motifs is 1. The Labute approximate surface area is 163 Å². The van der Waals surface area contributed by atoms with Gasteiger partial charge >= 0.3 is 0 Å². The van der Waals surface area contributed by atoms with Crippen LogP contribution in [0, 0.1) is 19.8 Å². The number of rotatable bonds is 5. The Balaban J connectivity index is 1.62. The van der Waals surface area contributed by atoms with Crippen molar-refractivity contribution in [2.24, 2.45) is 5.92 Å². The standard InChI is InChI=1S/C17H24N6O4S/c1-4-28(25,26)22-13-6-12-8-23(15(24)14-5-10(2)19-20-14)9-17(12,7-13)16-18-11(3)21-27-16/h5,12-13,22H,4,6-9H2,1-3H3,(H,19,20)/t12?,13-,17+/m1/s1. The fourth-order valence-electron chi connectivity index (χ4n) is 4.47. The molecule has 3 heterocycles. The zero-order chi connectivity index (χ0) is 20.1. The second kappa shape index (κ2) is 6.66. The first kappa shape index (κ1) is 19.1. The Bertz CT molecular complexity index is 999. The highest BCUT2D eigenvalue weighted by Gasteiger charge is 2.58. The van der Waals surface area contributed by atoms with Crippen LogP contribution in [0.5, 0.6) is 0 Å². The van der Waals surface area contributed by atoms with Crippen molar-refractivity contribution in [1.82, 2.24) is 30.0 Å². The van der Waals surface area contributed by atoms with E-state index in [-0.39, 0.29) is 23.6 Å². The summed E-state index contributed by atoms with van der Waals surface area (Å²) in [6.45, 7) is 6.09. The maximum Gasteiger partial charge on any atom is 0.274 e. The largest absolute Gasteiger partial charge is 0.339 e. The van der Waals surface area contributed by atoms with Crippen molar-refractivity contribution >= 4 is 15.9 Å². The Morgan fingerprint density at radius 1 is 1.46 bits per heavy atom. The number of carbonyl (C=O) groups is 1. The Morgan fingerprint density at radius 2 is 2.25 bits per heavy atom. The van der Waals surface area contributed by atoms with Gasteiger partial charge in [-0.05, 0) is 45.6 Å². The van der Waals surface area contributed by atoms with E-state index in [4.69, 9.17) is 4.52 Å². The fraction of sp³-hybridized carbons (Fsp3) is 0.647. The molecule has 3 atom stereocenters. The van der Waals surface area contributed by atoms with Crippen molar-refractivity contribution in [2.75, 3.05) is 18.8 Å². The average Bonchev–Trinajstić information content (AvgIpc) is 3.37. The van der Waals surface area contributed by atoms with E-state index >= 15 is 0 Å². The van der Waals surface area contributed by atoms with Gasteiger partial charge in [-0.15, -0.1) is 0 Å². The van der Waals surface area contributed by atoms with E-state index in [9.17, 15) is 13.2 Å². The molecule has 0 bridgehead atoms. The molecule has 2 aromatic rings. The molecule has 11 heteroatoms. The number of sulfonamides is 1. The van der Waals surface area contributed by atoms with Crippen LogP contribution in [-0.4, -0.2) is 64.4 Å². The minimum absolute atomic E-state index is 0.0286. The maximum atomic E-state index is 12.9. The van der Waals surface area contributed by atoms with E-state index in [1.54, 1.807) is 24.8 Å². The number of hydrogen-bond donors (Lipinski definition) is 2. The number of likely N-dealkylation sites (tertiary alicyclic amines) is 1. The first-order valence-electron chi connectivity index (χ1n) is 9.34. The lowest BCUT2D eigenvalue weighted by atomic mass is 9.80. The molecule has 4 rings (SSSR count). The lowest BCUT2D eigenvalue weighted by Crippen LogP contribution is -2.40. The van der Waals surface area contributed by atoms with Gasteiger partial charge in [0.1, 0.15) is 5.69 Å². The predicted octanol–water partition coefficient (Wildman–Crippen LogP) is 0.521. The molecule has 0 radical (unpaired) electrons. The molecule has 1 saturated carbocycles. The molecule has 28 heavy (non-hydrogen) atoms. The molecule has 2 aromatic heterocycles. The van der Waals surface area contributed by atoms with Crippen molar-refractivity contribution in [3.63, 3.8) is 0 Å². The van der Waals surface area contributed by atoms with E-state index < -0.39 is 15.4 Å². The lowest BCUT2D eigenvalue weighted by molar-refractivity contribution is 0.0767. The topological polar surface area (TPSA) is 134 Å². The summed E-state index contributed by atoms with van der Waals surface area (Å²) in [6, 6.07) is 1.50. The highest BCUT2D eigenvalue weighted by molar-refractivity contribution is 7.89. The van der Waals surface area contributed by atoms with Crippen LogP contribution in [0.1, 0.15) is 47.7 Å². The van der Waals surface area contributed by atoms with Crippen molar-refractivity contribution < 1.29 is 17.7 Å². The zero-order valence-corrected chi connectivity index (χ0v) is 16.9. The monoisotopic (exact) mass is 408 g/mol. The van der Waals surface area contributed by atoms with Crippen molar-refractivity contribution in [3.8, 4) is 0 Å². The molecule has 10 nitrogen and oxygen atoms in total. The number of H-pyrrole nitrogens is 1.